The highest BCUT2D eigenvalue weighted by molar-refractivity contribution is 5.63. The lowest BCUT2D eigenvalue weighted by atomic mass is 10.2. The van der Waals surface area contributed by atoms with Gasteiger partial charge in [-0.1, -0.05) is 6.07 Å². The van der Waals surface area contributed by atoms with E-state index in [1.54, 1.807) is 12.1 Å². The van der Waals surface area contributed by atoms with E-state index in [1.807, 2.05) is 18.2 Å². The molecule has 0 bridgehead atoms. The average molecular weight is 265 g/mol. The Morgan fingerprint density at radius 2 is 1.15 bits per heavy atom. The third kappa shape index (κ3) is 2.37. The highest BCUT2D eigenvalue weighted by atomic mass is 14.9. The minimum atomic E-state index is 0.397. The predicted octanol–water partition coefficient (Wildman–Crippen LogP) is 1.16. The molecule has 0 spiro atoms. The first-order valence-corrected chi connectivity index (χ1v) is 5.85. The Balaban J connectivity index is 2.06. The molecule has 3 aromatic heterocycles. The molecule has 0 aliphatic carbocycles. The molecule has 0 saturated carbocycles. The van der Waals surface area contributed by atoms with Crippen LogP contribution in [0, 0.1) is 0 Å². The monoisotopic (exact) mass is 265 g/mol. The summed E-state index contributed by atoms with van der Waals surface area (Å²) in [6.45, 7) is 0. The molecule has 0 radical (unpaired) electrons. The summed E-state index contributed by atoms with van der Waals surface area (Å²) in [5, 5.41) is 0. The number of aromatic nitrogens is 5. The molecule has 4 N–H and O–H groups in total. The van der Waals surface area contributed by atoms with Gasteiger partial charge in [-0.3, -0.25) is 0 Å². The summed E-state index contributed by atoms with van der Waals surface area (Å²) in [4.78, 5) is 20.5. The summed E-state index contributed by atoms with van der Waals surface area (Å²) < 4.78 is 0. The molecule has 0 aromatic carbocycles. The Hall–Kier alpha value is -3.09. The van der Waals surface area contributed by atoms with Crippen molar-refractivity contribution in [3.05, 3.63) is 43.0 Å². The largest absolute Gasteiger partial charge is 0.384 e. The molecule has 0 aliphatic heterocycles. The Labute approximate surface area is 114 Å². The molecular weight excluding hydrogens is 254 g/mol. The Bertz CT molecular complexity index is 696. The molecule has 7 heteroatoms. The van der Waals surface area contributed by atoms with E-state index in [9.17, 15) is 0 Å². The fourth-order valence-corrected chi connectivity index (χ4v) is 1.74. The highest BCUT2D eigenvalue weighted by Crippen LogP contribution is 2.20. The Morgan fingerprint density at radius 1 is 0.650 bits per heavy atom. The average Bonchev–Trinajstić information content (AvgIpc) is 2.47. The Kier molecular flexibility index (Phi) is 2.92. The smallest absolute Gasteiger partial charge is 0.127 e. The summed E-state index contributed by atoms with van der Waals surface area (Å²) in [5.41, 5.74) is 14.0. The van der Waals surface area contributed by atoms with Crippen LogP contribution in [0.3, 0.4) is 0 Å². The summed E-state index contributed by atoms with van der Waals surface area (Å²) in [6.07, 6.45) is 2.81. The zero-order chi connectivity index (χ0) is 13.9. The minimum absolute atomic E-state index is 0.397. The quantitative estimate of drug-likeness (QED) is 0.714. The summed E-state index contributed by atoms with van der Waals surface area (Å²) in [6, 6.07) is 8.89. The number of nitrogens with two attached hydrogens (primary N) is 2. The van der Waals surface area contributed by atoms with E-state index < -0.39 is 0 Å². The fraction of sp³-hybridized carbons (Fsp3) is 0. The fourth-order valence-electron chi connectivity index (χ4n) is 1.74. The maximum atomic E-state index is 5.65. The maximum absolute atomic E-state index is 5.65. The number of hydrogen-bond donors (Lipinski definition) is 2. The van der Waals surface area contributed by atoms with E-state index in [2.05, 4.69) is 24.9 Å². The van der Waals surface area contributed by atoms with E-state index in [-0.39, 0.29) is 0 Å². The summed E-state index contributed by atoms with van der Waals surface area (Å²) in [5.74, 6) is 0.793. The van der Waals surface area contributed by atoms with Crippen molar-refractivity contribution in [3.8, 4) is 22.8 Å². The van der Waals surface area contributed by atoms with Crippen molar-refractivity contribution in [1.82, 2.24) is 24.9 Å². The van der Waals surface area contributed by atoms with Crippen molar-refractivity contribution in [2.45, 2.75) is 0 Å². The molecule has 3 aromatic rings. The molecule has 0 fully saturated rings. The first-order chi connectivity index (χ1) is 9.72. The second-order valence-electron chi connectivity index (χ2n) is 4.06. The lowest BCUT2D eigenvalue weighted by molar-refractivity contribution is 1.14. The van der Waals surface area contributed by atoms with Gasteiger partial charge < -0.3 is 11.5 Å². The van der Waals surface area contributed by atoms with Gasteiger partial charge in [0.2, 0.25) is 0 Å². The number of nitrogens with zero attached hydrogens (tertiary/aromatic N) is 5. The molecule has 7 nitrogen and oxygen atoms in total. The zero-order valence-corrected chi connectivity index (χ0v) is 10.4. The zero-order valence-electron chi connectivity index (χ0n) is 10.4. The molecule has 0 unspecified atom stereocenters. The van der Waals surface area contributed by atoms with Gasteiger partial charge >= 0.3 is 0 Å². The first-order valence-electron chi connectivity index (χ1n) is 5.85. The summed E-state index contributed by atoms with van der Waals surface area (Å²) in [7, 11) is 0. The highest BCUT2D eigenvalue weighted by Gasteiger charge is 2.06. The maximum Gasteiger partial charge on any atom is 0.127 e. The number of anilines is 2. The van der Waals surface area contributed by atoms with Crippen LogP contribution >= 0.6 is 0 Å². The third-order valence-electron chi connectivity index (χ3n) is 2.65. The summed E-state index contributed by atoms with van der Waals surface area (Å²) >= 11 is 0. The third-order valence-corrected chi connectivity index (χ3v) is 2.65. The normalized spacial score (nSPS) is 10.4. The van der Waals surface area contributed by atoms with Crippen LogP contribution < -0.4 is 11.5 Å². The lowest BCUT2D eigenvalue weighted by Crippen LogP contribution is -1.96. The minimum Gasteiger partial charge on any atom is -0.384 e. The molecule has 0 atom stereocenters. The lowest BCUT2D eigenvalue weighted by Gasteiger charge is -2.04. The number of hydrogen-bond acceptors (Lipinski definition) is 7. The molecule has 3 heterocycles. The van der Waals surface area contributed by atoms with Crippen LogP contribution in [-0.4, -0.2) is 24.9 Å². The van der Waals surface area contributed by atoms with Gasteiger partial charge in [0.25, 0.3) is 0 Å². The molecule has 98 valence electrons. The van der Waals surface area contributed by atoms with Crippen molar-refractivity contribution in [2.75, 3.05) is 11.5 Å². The van der Waals surface area contributed by atoms with Crippen molar-refractivity contribution >= 4 is 11.6 Å². The standard InChI is InChI=1S/C13H11N7/c14-12-4-10(16-6-18-12)8-2-1-3-9(20-8)11-5-13(15)19-7-17-11/h1-7H,(H2,14,16,18)(H2,15,17,19). The second-order valence-corrected chi connectivity index (χ2v) is 4.06. The van der Waals surface area contributed by atoms with Crippen LogP contribution in [0.15, 0.2) is 43.0 Å². The van der Waals surface area contributed by atoms with Crippen molar-refractivity contribution in [1.29, 1.82) is 0 Å². The van der Waals surface area contributed by atoms with Gasteiger partial charge in [0.1, 0.15) is 24.3 Å². The van der Waals surface area contributed by atoms with Gasteiger partial charge in [-0.2, -0.15) is 0 Å². The van der Waals surface area contributed by atoms with Gasteiger partial charge in [-0.15, -0.1) is 0 Å². The predicted molar refractivity (Wildman–Crippen MR) is 75.1 cm³/mol. The van der Waals surface area contributed by atoms with Gasteiger partial charge in [0.05, 0.1) is 22.8 Å². The molecular formula is C13H11N7. The molecule has 20 heavy (non-hydrogen) atoms. The SMILES string of the molecule is Nc1cc(-c2cccc(-c3cc(N)ncn3)n2)ncn1. The van der Waals surface area contributed by atoms with E-state index >= 15 is 0 Å². The van der Waals surface area contributed by atoms with Gasteiger partial charge in [0, 0.05) is 12.1 Å². The topological polar surface area (TPSA) is 116 Å². The van der Waals surface area contributed by atoms with Gasteiger partial charge in [0.15, 0.2) is 0 Å². The van der Waals surface area contributed by atoms with E-state index in [0.717, 1.165) is 0 Å². The molecule has 0 aliphatic rings. The van der Waals surface area contributed by atoms with E-state index in [4.69, 9.17) is 11.5 Å². The molecule has 0 saturated heterocycles. The van der Waals surface area contributed by atoms with Crippen LogP contribution in [0.25, 0.3) is 22.8 Å². The number of pyridine rings is 1. The van der Waals surface area contributed by atoms with E-state index in [1.165, 1.54) is 12.7 Å². The van der Waals surface area contributed by atoms with Crippen molar-refractivity contribution in [2.24, 2.45) is 0 Å². The van der Waals surface area contributed by atoms with Crippen LogP contribution in [0.2, 0.25) is 0 Å². The van der Waals surface area contributed by atoms with Crippen molar-refractivity contribution in [3.63, 3.8) is 0 Å². The Morgan fingerprint density at radius 3 is 1.60 bits per heavy atom. The number of nitrogen functional groups attached to an aromatic ring is 2. The van der Waals surface area contributed by atoms with Crippen LogP contribution in [0.5, 0.6) is 0 Å². The second kappa shape index (κ2) is 4.88. The van der Waals surface area contributed by atoms with Gasteiger partial charge in [-0.25, -0.2) is 24.9 Å². The van der Waals surface area contributed by atoms with Crippen LogP contribution in [0.4, 0.5) is 11.6 Å². The first kappa shape index (κ1) is 12.0. The van der Waals surface area contributed by atoms with E-state index in [0.29, 0.717) is 34.4 Å². The number of rotatable bonds is 2. The van der Waals surface area contributed by atoms with Crippen LogP contribution in [-0.2, 0) is 0 Å². The molecule has 0 amide bonds. The van der Waals surface area contributed by atoms with Gasteiger partial charge in [-0.05, 0) is 12.1 Å². The van der Waals surface area contributed by atoms with Crippen LogP contribution in [0.1, 0.15) is 0 Å². The molecule has 3 rings (SSSR count). The van der Waals surface area contributed by atoms with Crippen molar-refractivity contribution < 1.29 is 0 Å².